The lowest BCUT2D eigenvalue weighted by molar-refractivity contribution is 0.124. The van der Waals surface area contributed by atoms with Gasteiger partial charge in [0.2, 0.25) is 0 Å². The van der Waals surface area contributed by atoms with Gasteiger partial charge in [-0.25, -0.2) is 5.43 Å². The predicted molar refractivity (Wildman–Crippen MR) is 45.3 cm³/mol. The van der Waals surface area contributed by atoms with Crippen LogP contribution in [0.3, 0.4) is 0 Å². The number of hydrazine groups is 1. The van der Waals surface area contributed by atoms with Crippen LogP contribution in [-0.4, -0.2) is 17.3 Å². The summed E-state index contributed by atoms with van der Waals surface area (Å²) in [5.74, 6) is 0.190. The van der Waals surface area contributed by atoms with E-state index in [1.54, 1.807) is 19.2 Å². The molecule has 1 atom stereocenters. The molecule has 0 radical (unpaired) electrons. The minimum absolute atomic E-state index is 0.190. The molecule has 0 aliphatic heterocycles. The lowest BCUT2D eigenvalue weighted by Gasteiger charge is -2.11. The van der Waals surface area contributed by atoms with E-state index in [2.05, 4.69) is 10.9 Å². The second-order valence-corrected chi connectivity index (χ2v) is 2.39. The van der Waals surface area contributed by atoms with Crippen molar-refractivity contribution < 1.29 is 10.2 Å². The van der Waals surface area contributed by atoms with Gasteiger partial charge < -0.3 is 10.2 Å². The largest absolute Gasteiger partial charge is 0.508 e. The maximum Gasteiger partial charge on any atom is 0.143 e. The van der Waals surface area contributed by atoms with Crippen LogP contribution in [0.2, 0.25) is 0 Å². The predicted octanol–water partition coefficient (Wildman–Crippen LogP) is 0.107. The molecule has 0 fully saturated rings. The van der Waals surface area contributed by atoms with Crippen LogP contribution in [0.1, 0.15) is 11.8 Å². The molecule has 4 N–H and O–H groups in total. The Hall–Kier alpha value is -1.10. The lowest BCUT2D eigenvalue weighted by Crippen LogP contribution is -2.31. The van der Waals surface area contributed by atoms with E-state index in [1.807, 2.05) is 0 Å². The third-order valence-electron chi connectivity index (χ3n) is 1.49. The Labute approximate surface area is 70.8 Å². The first-order valence-electron chi connectivity index (χ1n) is 3.63. The van der Waals surface area contributed by atoms with Crippen molar-refractivity contribution >= 4 is 0 Å². The smallest absolute Gasteiger partial charge is 0.143 e. The maximum atomic E-state index is 9.36. The van der Waals surface area contributed by atoms with Gasteiger partial charge in [0, 0.05) is 0 Å². The van der Waals surface area contributed by atoms with Crippen LogP contribution in [0.15, 0.2) is 24.3 Å². The van der Waals surface area contributed by atoms with Gasteiger partial charge in [0.1, 0.15) is 12.0 Å². The van der Waals surface area contributed by atoms with E-state index in [9.17, 15) is 5.11 Å². The minimum atomic E-state index is -0.754. The van der Waals surface area contributed by atoms with Gasteiger partial charge in [-0.05, 0) is 24.7 Å². The molecular weight excluding hydrogens is 156 g/mol. The van der Waals surface area contributed by atoms with E-state index in [0.29, 0.717) is 5.56 Å². The Kier molecular flexibility index (Phi) is 3.04. The van der Waals surface area contributed by atoms with Crippen LogP contribution < -0.4 is 10.9 Å². The number of rotatable bonds is 3. The van der Waals surface area contributed by atoms with E-state index >= 15 is 0 Å². The van der Waals surface area contributed by atoms with Crippen LogP contribution in [0.5, 0.6) is 5.75 Å². The van der Waals surface area contributed by atoms with Crippen LogP contribution in [-0.2, 0) is 0 Å². The number of hydrogen-bond acceptors (Lipinski definition) is 4. The Bertz CT molecular complexity index is 235. The number of phenols is 1. The number of nitrogens with one attached hydrogen (secondary N) is 2. The SMILES string of the molecule is CNNC(O)c1ccc(O)cc1. The molecule has 0 saturated carbocycles. The molecule has 1 aromatic carbocycles. The van der Waals surface area contributed by atoms with Gasteiger partial charge in [-0.2, -0.15) is 0 Å². The maximum absolute atomic E-state index is 9.36. The average Bonchev–Trinajstić information content (AvgIpc) is 2.06. The van der Waals surface area contributed by atoms with E-state index in [0.717, 1.165) is 0 Å². The summed E-state index contributed by atoms with van der Waals surface area (Å²) in [6, 6.07) is 6.33. The highest BCUT2D eigenvalue weighted by atomic mass is 16.3. The topological polar surface area (TPSA) is 64.5 Å². The Morgan fingerprint density at radius 2 is 1.83 bits per heavy atom. The summed E-state index contributed by atoms with van der Waals surface area (Å²) in [6.07, 6.45) is -0.754. The summed E-state index contributed by atoms with van der Waals surface area (Å²) in [5, 5.41) is 18.3. The fraction of sp³-hybridized carbons (Fsp3) is 0.250. The van der Waals surface area contributed by atoms with Gasteiger partial charge in [-0.3, -0.25) is 5.43 Å². The molecule has 0 aliphatic rings. The molecule has 0 heterocycles. The van der Waals surface area contributed by atoms with Gasteiger partial charge >= 0.3 is 0 Å². The normalized spacial score (nSPS) is 12.8. The Balaban J connectivity index is 2.68. The number of aliphatic hydroxyl groups excluding tert-OH is 1. The first-order valence-corrected chi connectivity index (χ1v) is 3.63. The van der Waals surface area contributed by atoms with Crippen molar-refractivity contribution in [2.24, 2.45) is 0 Å². The fourth-order valence-corrected chi connectivity index (χ4v) is 0.877. The molecule has 0 aliphatic carbocycles. The molecule has 12 heavy (non-hydrogen) atoms. The zero-order chi connectivity index (χ0) is 8.97. The van der Waals surface area contributed by atoms with Gasteiger partial charge in [-0.15, -0.1) is 0 Å². The molecule has 4 heteroatoms. The molecule has 1 rings (SSSR count). The van der Waals surface area contributed by atoms with Crippen molar-refractivity contribution in [3.05, 3.63) is 29.8 Å². The van der Waals surface area contributed by atoms with E-state index in [1.165, 1.54) is 12.1 Å². The Morgan fingerprint density at radius 3 is 2.33 bits per heavy atom. The number of hydrogen-bond donors (Lipinski definition) is 4. The van der Waals surface area contributed by atoms with E-state index in [4.69, 9.17) is 5.11 Å². The molecule has 1 unspecified atom stereocenters. The number of aromatic hydroxyl groups is 1. The van der Waals surface area contributed by atoms with Crippen molar-refractivity contribution in [3.63, 3.8) is 0 Å². The number of phenolic OH excluding ortho intramolecular Hbond substituents is 1. The Morgan fingerprint density at radius 1 is 1.25 bits per heavy atom. The molecule has 0 amide bonds. The summed E-state index contributed by atoms with van der Waals surface area (Å²) >= 11 is 0. The van der Waals surface area contributed by atoms with Crippen LogP contribution in [0, 0.1) is 0 Å². The second-order valence-electron chi connectivity index (χ2n) is 2.39. The van der Waals surface area contributed by atoms with Crippen molar-refractivity contribution in [2.45, 2.75) is 6.23 Å². The summed E-state index contributed by atoms with van der Waals surface area (Å²) in [5.41, 5.74) is 5.92. The number of aliphatic hydroxyl groups is 1. The first-order chi connectivity index (χ1) is 5.74. The van der Waals surface area contributed by atoms with Crippen LogP contribution in [0.25, 0.3) is 0 Å². The second kappa shape index (κ2) is 4.06. The molecule has 0 spiro atoms. The third kappa shape index (κ3) is 2.20. The molecular formula is C8H12N2O2. The molecule has 0 aromatic heterocycles. The highest BCUT2D eigenvalue weighted by Gasteiger charge is 2.03. The molecule has 0 bridgehead atoms. The molecule has 66 valence electrons. The summed E-state index contributed by atoms with van der Waals surface area (Å²) in [7, 11) is 1.67. The third-order valence-corrected chi connectivity index (χ3v) is 1.49. The van der Waals surface area contributed by atoms with Crippen molar-refractivity contribution in [1.29, 1.82) is 0 Å². The van der Waals surface area contributed by atoms with E-state index in [-0.39, 0.29) is 5.75 Å². The van der Waals surface area contributed by atoms with Gasteiger partial charge in [-0.1, -0.05) is 12.1 Å². The molecule has 4 nitrogen and oxygen atoms in total. The van der Waals surface area contributed by atoms with E-state index < -0.39 is 6.23 Å². The van der Waals surface area contributed by atoms with Crippen LogP contribution in [0.4, 0.5) is 0 Å². The standard InChI is InChI=1S/C8H12N2O2/c1-9-10-8(12)6-2-4-7(11)5-3-6/h2-5,8-12H,1H3. The first kappa shape index (κ1) is 8.99. The van der Waals surface area contributed by atoms with Crippen molar-refractivity contribution in [1.82, 2.24) is 10.9 Å². The van der Waals surface area contributed by atoms with Crippen LogP contribution >= 0.6 is 0 Å². The summed E-state index contributed by atoms with van der Waals surface area (Å²) in [4.78, 5) is 0. The zero-order valence-electron chi connectivity index (χ0n) is 6.78. The van der Waals surface area contributed by atoms with Crippen molar-refractivity contribution in [2.75, 3.05) is 7.05 Å². The lowest BCUT2D eigenvalue weighted by atomic mass is 10.2. The average molecular weight is 168 g/mol. The molecule has 0 saturated heterocycles. The summed E-state index contributed by atoms with van der Waals surface area (Å²) < 4.78 is 0. The molecule has 1 aromatic rings. The monoisotopic (exact) mass is 168 g/mol. The van der Waals surface area contributed by atoms with Crippen molar-refractivity contribution in [3.8, 4) is 5.75 Å². The highest BCUT2D eigenvalue weighted by Crippen LogP contribution is 2.13. The quantitative estimate of drug-likeness (QED) is 0.382. The fourth-order valence-electron chi connectivity index (χ4n) is 0.877. The van der Waals surface area contributed by atoms with Gasteiger partial charge in [0.15, 0.2) is 0 Å². The summed E-state index contributed by atoms with van der Waals surface area (Å²) in [6.45, 7) is 0. The van der Waals surface area contributed by atoms with Gasteiger partial charge in [0.25, 0.3) is 0 Å². The highest BCUT2D eigenvalue weighted by molar-refractivity contribution is 5.26. The number of benzene rings is 1. The zero-order valence-corrected chi connectivity index (χ0v) is 6.78. The van der Waals surface area contributed by atoms with Gasteiger partial charge in [0.05, 0.1) is 0 Å². The minimum Gasteiger partial charge on any atom is -0.508 e.